The van der Waals surface area contributed by atoms with Crippen LogP contribution in [0.5, 0.6) is 0 Å². The molecule has 1 aliphatic rings. The zero-order chi connectivity index (χ0) is 14.3. The molecule has 0 saturated carbocycles. The molecule has 20 heavy (non-hydrogen) atoms. The fourth-order valence-corrected chi connectivity index (χ4v) is 2.69. The predicted octanol–water partition coefficient (Wildman–Crippen LogP) is 0.977. The Morgan fingerprint density at radius 2 is 2.25 bits per heavy atom. The van der Waals surface area contributed by atoms with Gasteiger partial charge in [0, 0.05) is 23.8 Å². The maximum absolute atomic E-state index is 12.6. The maximum Gasteiger partial charge on any atom is 0.273 e. The average molecular weight is 337 g/mol. The van der Waals surface area contributed by atoms with Crippen molar-refractivity contribution in [3.8, 4) is 0 Å². The molecule has 0 aromatic carbocycles. The zero-order valence-electron chi connectivity index (χ0n) is 10.9. The van der Waals surface area contributed by atoms with Gasteiger partial charge >= 0.3 is 0 Å². The molecule has 104 valence electrons. The van der Waals surface area contributed by atoms with Crippen molar-refractivity contribution in [2.75, 3.05) is 19.6 Å². The molecule has 0 radical (unpaired) electrons. The van der Waals surface area contributed by atoms with Crippen LogP contribution in [0.3, 0.4) is 0 Å². The first kappa shape index (κ1) is 13.1. The fraction of sp³-hybridized carbons (Fsp3) is 0.308. The number of halogens is 1. The van der Waals surface area contributed by atoms with Crippen LogP contribution in [0.2, 0.25) is 0 Å². The van der Waals surface area contributed by atoms with E-state index >= 15 is 0 Å². The molecular weight excluding hydrogens is 324 g/mol. The van der Waals surface area contributed by atoms with Gasteiger partial charge in [0.05, 0.1) is 12.2 Å². The lowest BCUT2D eigenvalue weighted by Gasteiger charge is -2.26. The van der Waals surface area contributed by atoms with Crippen LogP contribution in [0.15, 0.2) is 22.8 Å². The van der Waals surface area contributed by atoms with Crippen LogP contribution in [-0.2, 0) is 4.79 Å². The van der Waals surface area contributed by atoms with Gasteiger partial charge in [0.15, 0.2) is 0 Å². The Balaban J connectivity index is 2.04. The highest BCUT2D eigenvalue weighted by molar-refractivity contribution is 9.10. The lowest BCUT2D eigenvalue weighted by molar-refractivity contribution is -0.123. The van der Waals surface area contributed by atoms with Gasteiger partial charge in [-0.05, 0) is 35.0 Å². The van der Waals surface area contributed by atoms with Crippen molar-refractivity contribution >= 4 is 33.4 Å². The third kappa shape index (κ3) is 2.18. The molecule has 0 aliphatic carbocycles. The van der Waals surface area contributed by atoms with E-state index in [0.29, 0.717) is 24.5 Å². The van der Waals surface area contributed by atoms with Gasteiger partial charge in [-0.15, -0.1) is 0 Å². The van der Waals surface area contributed by atoms with Gasteiger partial charge in [-0.3, -0.25) is 14.0 Å². The van der Waals surface area contributed by atoms with Gasteiger partial charge in [0.25, 0.3) is 5.91 Å². The summed E-state index contributed by atoms with van der Waals surface area (Å²) in [6.07, 6.45) is 1.81. The first-order valence-corrected chi connectivity index (χ1v) is 7.06. The highest BCUT2D eigenvalue weighted by Crippen LogP contribution is 2.18. The number of nitrogens with one attached hydrogen (secondary N) is 1. The summed E-state index contributed by atoms with van der Waals surface area (Å²) in [7, 11) is 0. The normalized spacial score (nSPS) is 15.5. The second kappa shape index (κ2) is 4.90. The summed E-state index contributed by atoms with van der Waals surface area (Å²) < 4.78 is 2.63. The van der Waals surface area contributed by atoms with Crippen LogP contribution >= 0.6 is 15.9 Å². The van der Waals surface area contributed by atoms with Crippen molar-refractivity contribution in [3.63, 3.8) is 0 Å². The Kier molecular flexibility index (Phi) is 3.21. The van der Waals surface area contributed by atoms with Crippen molar-refractivity contribution < 1.29 is 9.59 Å². The van der Waals surface area contributed by atoms with Gasteiger partial charge in [0.2, 0.25) is 5.91 Å². The van der Waals surface area contributed by atoms with Gasteiger partial charge in [0.1, 0.15) is 11.3 Å². The van der Waals surface area contributed by atoms with Gasteiger partial charge < -0.3 is 10.2 Å². The Morgan fingerprint density at radius 3 is 3.00 bits per heavy atom. The Labute approximate surface area is 123 Å². The number of carbonyl (C=O) groups excluding carboxylic acids is 2. The molecule has 1 aliphatic heterocycles. The van der Waals surface area contributed by atoms with E-state index in [1.54, 1.807) is 16.2 Å². The van der Waals surface area contributed by atoms with Crippen LogP contribution in [0.25, 0.3) is 5.65 Å². The molecule has 2 aromatic rings. The van der Waals surface area contributed by atoms with E-state index in [4.69, 9.17) is 0 Å². The van der Waals surface area contributed by atoms with Crippen molar-refractivity contribution in [1.29, 1.82) is 0 Å². The quantitative estimate of drug-likeness (QED) is 0.844. The summed E-state index contributed by atoms with van der Waals surface area (Å²) in [4.78, 5) is 30.0. The van der Waals surface area contributed by atoms with Crippen LogP contribution in [0, 0.1) is 6.92 Å². The fourth-order valence-electron chi connectivity index (χ4n) is 2.36. The number of hydrogen-bond donors (Lipinski definition) is 1. The van der Waals surface area contributed by atoms with Gasteiger partial charge in [-0.2, -0.15) is 0 Å². The summed E-state index contributed by atoms with van der Waals surface area (Å²) in [6, 6.07) is 3.72. The molecule has 7 heteroatoms. The Morgan fingerprint density at radius 1 is 1.45 bits per heavy atom. The molecular formula is C13H13BrN4O2. The van der Waals surface area contributed by atoms with E-state index in [1.165, 1.54) is 0 Å². The number of hydrogen-bond acceptors (Lipinski definition) is 3. The van der Waals surface area contributed by atoms with E-state index in [9.17, 15) is 9.59 Å². The molecule has 2 aromatic heterocycles. The minimum absolute atomic E-state index is 0.0967. The first-order valence-electron chi connectivity index (χ1n) is 6.26. The molecule has 1 N–H and O–H groups in total. The number of nitrogens with zero attached hydrogens (tertiary/aromatic N) is 3. The highest BCUT2D eigenvalue weighted by atomic mass is 79.9. The van der Waals surface area contributed by atoms with E-state index in [0.717, 1.165) is 10.1 Å². The number of carbonyl (C=O) groups is 2. The third-order valence-corrected chi connectivity index (χ3v) is 3.75. The number of aryl methyl sites for hydroxylation is 1. The topological polar surface area (TPSA) is 66.7 Å². The van der Waals surface area contributed by atoms with Crippen molar-refractivity contribution in [1.82, 2.24) is 19.6 Å². The largest absolute Gasteiger partial charge is 0.353 e. The number of imidazole rings is 1. The lowest BCUT2D eigenvalue weighted by atomic mass is 10.2. The van der Waals surface area contributed by atoms with Crippen molar-refractivity contribution in [3.05, 3.63) is 34.2 Å². The van der Waals surface area contributed by atoms with Crippen molar-refractivity contribution in [2.24, 2.45) is 0 Å². The monoisotopic (exact) mass is 336 g/mol. The van der Waals surface area contributed by atoms with Crippen molar-refractivity contribution in [2.45, 2.75) is 6.92 Å². The maximum atomic E-state index is 12.6. The Bertz CT molecular complexity index is 710. The number of aromatic nitrogens is 2. The molecule has 0 bridgehead atoms. The minimum atomic E-state index is -0.164. The molecule has 3 heterocycles. The van der Waals surface area contributed by atoms with E-state index in [2.05, 4.69) is 26.2 Å². The summed E-state index contributed by atoms with van der Waals surface area (Å²) in [5.74, 6) is -0.291. The number of rotatable bonds is 1. The minimum Gasteiger partial charge on any atom is -0.353 e. The number of fused-ring (bicyclic) bond motifs is 1. The molecule has 0 unspecified atom stereocenters. The Hall–Kier alpha value is -1.89. The predicted molar refractivity (Wildman–Crippen MR) is 76.5 cm³/mol. The second-order valence-electron chi connectivity index (χ2n) is 4.70. The SMILES string of the molecule is Cc1nc2ccc(Br)cn2c1C(=O)N1CCNC(=O)C1. The molecule has 2 amide bonds. The second-order valence-corrected chi connectivity index (χ2v) is 5.61. The summed E-state index contributed by atoms with van der Waals surface area (Å²) in [6.45, 7) is 2.91. The zero-order valence-corrected chi connectivity index (χ0v) is 12.5. The molecule has 0 atom stereocenters. The summed E-state index contributed by atoms with van der Waals surface area (Å²) >= 11 is 3.39. The van der Waals surface area contributed by atoms with E-state index in [1.807, 2.05) is 18.3 Å². The van der Waals surface area contributed by atoms with Gasteiger partial charge in [-0.25, -0.2) is 4.98 Å². The average Bonchev–Trinajstić information content (AvgIpc) is 2.73. The smallest absolute Gasteiger partial charge is 0.273 e. The molecule has 1 saturated heterocycles. The molecule has 3 rings (SSSR count). The number of piperazine rings is 1. The van der Waals surface area contributed by atoms with Crippen LogP contribution in [0.4, 0.5) is 0 Å². The molecule has 0 spiro atoms. The molecule has 1 fully saturated rings. The van der Waals surface area contributed by atoms with Crippen LogP contribution in [-0.4, -0.2) is 45.7 Å². The third-order valence-electron chi connectivity index (χ3n) is 3.28. The summed E-state index contributed by atoms with van der Waals surface area (Å²) in [5, 5.41) is 2.71. The first-order chi connectivity index (χ1) is 9.56. The van der Waals surface area contributed by atoms with Crippen LogP contribution in [0.1, 0.15) is 16.2 Å². The van der Waals surface area contributed by atoms with E-state index < -0.39 is 0 Å². The number of pyridine rings is 1. The molecule has 6 nitrogen and oxygen atoms in total. The van der Waals surface area contributed by atoms with Gasteiger partial charge in [-0.1, -0.05) is 0 Å². The highest BCUT2D eigenvalue weighted by Gasteiger charge is 2.26. The van der Waals surface area contributed by atoms with E-state index in [-0.39, 0.29) is 18.4 Å². The van der Waals surface area contributed by atoms with Crippen LogP contribution < -0.4 is 5.32 Å². The lowest BCUT2D eigenvalue weighted by Crippen LogP contribution is -2.50. The standard InChI is InChI=1S/C13H13BrN4O2/c1-8-12(13(20)17-5-4-15-11(19)7-17)18-6-9(14)2-3-10(18)16-8/h2-3,6H,4-5,7H2,1H3,(H,15,19). The summed E-state index contributed by atoms with van der Waals surface area (Å²) in [5.41, 5.74) is 1.89. The number of amides is 2.